The van der Waals surface area contributed by atoms with Gasteiger partial charge >= 0.3 is 5.97 Å². The number of hydrogen-bond donors (Lipinski definition) is 1. The van der Waals surface area contributed by atoms with Gasteiger partial charge in [-0.05, 0) is 31.2 Å². The number of allylic oxidation sites excluding steroid dienone is 1. The van der Waals surface area contributed by atoms with Crippen LogP contribution in [0.1, 0.15) is 38.2 Å². The van der Waals surface area contributed by atoms with Gasteiger partial charge in [-0.3, -0.25) is 14.4 Å². The highest BCUT2D eigenvalue weighted by atomic mass is 32.2. The Hall–Kier alpha value is -2.58. The number of esters is 1. The molecule has 4 heterocycles. The lowest BCUT2D eigenvalue weighted by Crippen LogP contribution is -2.57. The first-order valence-corrected chi connectivity index (χ1v) is 14.3. The van der Waals surface area contributed by atoms with Gasteiger partial charge in [0.15, 0.2) is 0 Å². The summed E-state index contributed by atoms with van der Waals surface area (Å²) < 4.78 is 4.74. The van der Waals surface area contributed by atoms with Crippen LogP contribution in [0.25, 0.3) is 0 Å². The molecule has 4 aliphatic rings. The maximum Gasteiger partial charge on any atom is 0.311 e. The molecule has 2 saturated heterocycles. The Labute approximate surface area is 222 Å². The van der Waals surface area contributed by atoms with E-state index in [9.17, 15) is 19.5 Å². The van der Waals surface area contributed by atoms with Crippen LogP contribution in [0.5, 0.6) is 0 Å². The number of nitrogens with zero attached hydrogens (tertiary/aromatic N) is 2. The number of aliphatic hydroxyl groups is 1. The van der Waals surface area contributed by atoms with Crippen LogP contribution in [0, 0.1) is 11.8 Å². The number of benzene rings is 1. The first-order chi connectivity index (χ1) is 18.0. The highest BCUT2D eigenvalue weighted by molar-refractivity contribution is 8.02. The normalized spacial score (nSPS) is 33.0. The Bertz CT molecular complexity index is 1080. The van der Waals surface area contributed by atoms with Gasteiger partial charge in [0.05, 0.1) is 35.8 Å². The van der Waals surface area contributed by atoms with Crippen molar-refractivity contribution < 1.29 is 24.2 Å². The van der Waals surface area contributed by atoms with Crippen molar-refractivity contribution >= 4 is 29.5 Å². The Morgan fingerprint density at radius 1 is 1.16 bits per heavy atom. The Kier molecular flexibility index (Phi) is 7.77. The van der Waals surface area contributed by atoms with E-state index in [1.165, 1.54) is 0 Å². The Balaban J connectivity index is 1.59. The molecule has 0 aromatic heterocycles. The molecule has 1 aromatic rings. The van der Waals surface area contributed by atoms with Crippen molar-refractivity contribution in [3.63, 3.8) is 0 Å². The molecule has 2 amide bonds. The number of hydrogen-bond acceptors (Lipinski definition) is 6. The lowest BCUT2D eigenvalue weighted by molar-refractivity contribution is -0.153. The van der Waals surface area contributed by atoms with E-state index in [0.717, 1.165) is 31.2 Å². The van der Waals surface area contributed by atoms with E-state index < -0.39 is 28.7 Å². The van der Waals surface area contributed by atoms with Crippen LogP contribution in [0.15, 0.2) is 54.6 Å². The maximum absolute atomic E-state index is 14.4. The molecule has 0 saturated carbocycles. The summed E-state index contributed by atoms with van der Waals surface area (Å²) in [6, 6.07) is 8.35. The van der Waals surface area contributed by atoms with E-state index in [2.05, 4.69) is 13.0 Å². The van der Waals surface area contributed by atoms with E-state index in [1.807, 2.05) is 53.5 Å². The zero-order chi connectivity index (χ0) is 26.0. The number of carbonyl (C=O) groups excluding carboxylic acids is 3. The van der Waals surface area contributed by atoms with Crippen LogP contribution in [0.4, 0.5) is 0 Å². The molecule has 37 heavy (non-hydrogen) atoms. The van der Waals surface area contributed by atoms with Crippen LogP contribution in [-0.4, -0.2) is 81.1 Å². The molecule has 1 unspecified atom stereocenters. The molecule has 1 spiro atoms. The lowest BCUT2D eigenvalue weighted by Gasteiger charge is -2.38. The monoisotopic (exact) mass is 524 g/mol. The number of rotatable bonds is 7. The van der Waals surface area contributed by atoms with Crippen molar-refractivity contribution in [3.8, 4) is 0 Å². The highest BCUT2D eigenvalue weighted by Gasteiger charge is 2.71. The number of ether oxygens (including phenoxy) is 1. The summed E-state index contributed by atoms with van der Waals surface area (Å²) >= 11 is 1.55. The van der Waals surface area contributed by atoms with Gasteiger partial charge < -0.3 is 19.6 Å². The second kappa shape index (κ2) is 11.0. The molecule has 0 bridgehead atoms. The quantitative estimate of drug-likeness (QED) is 0.436. The van der Waals surface area contributed by atoms with E-state index in [0.29, 0.717) is 26.1 Å². The molecule has 8 heteroatoms. The van der Waals surface area contributed by atoms with Gasteiger partial charge in [-0.15, -0.1) is 11.8 Å². The number of unbranched alkanes of at least 4 members (excludes halogenated alkanes) is 1. The topological polar surface area (TPSA) is 87.2 Å². The summed E-state index contributed by atoms with van der Waals surface area (Å²) in [5.41, 5.74) is 0.982. The molecular weight excluding hydrogens is 488 g/mol. The molecule has 0 aliphatic carbocycles. The summed E-state index contributed by atoms with van der Waals surface area (Å²) in [5, 5.41) is 10.3. The third-order valence-electron chi connectivity index (χ3n) is 8.07. The van der Waals surface area contributed by atoms with Crippen molar-refractivity contribution in [1.29, 1.82) is 0 Å². The number of fused-ring (bicyclic) bond motifs is 2. The molecular formula is C29H36N2O5S. The predicted molar refractivity (Wildman–Crippen MR) is 143 cm³/mol. The fraction of sp³-hybridized carbons (Fsp3) is 0.552. The Morgan fingerprint density at radius 2 is 1.97 bits per heavy atom. The van der Waals surface area contributed by atoms with Gasteiger partial charge in [0.2, 0.25) is 11.8 Å². The number of aliphatic hydroxyl groups excluding tert-OH is 1. The predicted octanol–water partition coefficient (Wildman–Crippen LogP) is 2.98. The van der Waals surface area contributed by atoms with Crippen LogP contribution in [0.3, 0.4) is 0 Å². The van der Waals surface area contributed by atoms with Crippen molar-refractivity contribution in [3.05, 3.63) is 60.2 Å². The maximum atomic E-state index is 14.4. The molecule has 1 aromatic carbocycles. The zero-order valence-electron chi connectivity index (χ0n) is 21.3. The average molecular weight is 525 g/mol. The second-order valence-electron chi connectivity index (χ2n) is 10.4. The zero-order valence-corrected chi connectivity index (χ0v) is 22.1. The second-order valence-corrected chi connectivity index (χ2v) is 11.9. The van der Waals surface area contributed by atoms with E-state index >= 15 is 0 Å². The van der Waals surface area contributed by atoms with Crippen molar-refractivity contribution in [2.45, 2.75) is 61.1 Å². The van der Waals surface area contributed by atoms with Crippen molar-refractivity contribution in [2.24, 2.45) is 11.8 Å². The molecule has 1 N–H and O–H groups in total. The average Bonchev–Trinajstić information content (AvgIpc) is 3.32. The van der Waals surface area contributed by atoms with Crippen molar-refractivity contribution in [2.75, 3.05) is 26.3 Å². The summed E-state index contributed by atoms with van der Waals surface area (Å²) in [7, 11) is 0. The van der Waals surface area contributed by atoms with Gasteiger partial charge in [0.25, 0.3) is 0 Å². The first-order valence-electron chi connectivity index (χ1n) is 13.5. The van der Waals surface area contributed by atoms with Gasteiger partial charge in [-0.2, -0.15) is 0 Å². The van der Waals surface area contributed by atoms with Gasteiger partial charge in [-0.1, -0.05) is 68.0 Å². The number of amides is 2. The fourth-order valence-corrected chi connectivity index (χ4v) is 8.31. The minimum Gasteiger partial charge on any atom is -0.465 e. The lowest BCUT2D eigenvalue weighted by atomic mass is 9.78. The highest BCUT2D eigenvalue weighted by Crippen LogP contribution is 2.61. The largest absolute Gasteiger partial charge is 0.465 e. The summed E-state index contributed by atoms with van der Waals surface area (Å²) in [5.74, 6) is -2.09. The van der Waals surface area contributed by atoms with Gasteiger partial charge in [0, 0.05) is 18.3 Å². The van der Waals surface area contributed by atoms with Gasteiger partial charge in [0.1, 0.15) is 6.04 Å². The smallest absolute Gasteiger partial charge is 0.311 e. The first kappa shape index (κ1) is 26.0. The van der Waals surface area contributed by atoms with Crippen molar-refractivity contribution in [1.82, 2.24) is 9.80 Å². The standard InChI is InChI=1S/C29H36N2O5S/c1-2-3-15-30-16-10-14-29-24(23-22(37-29)13-8-5-9-17-36-28(23)35)26(33)31(25(29)27(30)34)21(19-32)18-20-11-6-4-7-12-20/h4,6-8,10-14,21-25,32H,2-3,5,9,15-19H2,1H3/b13-8-/t21-,22-,23+,24+,25?,29+/m1/s1. The summed E-state index contributed by atoms with van der Waals surface area (Å²) in [6.07, 6.45) is 11.9. The molecule has 2 fully saturated rings. The molecule has 198 valence electrons. The van der Waals surface area contributed by atoms with Gasteiger partial charge in [-0.25, -0.2) is 0 Å². The molecule has 6 atom stereocenters. The molecule has 5 rings (SSSR count). The third-order valence-corrected chi connectivity index (χ3v) is 9.82. The van der Waals surface area contributed by atoms with Crippen LogP contribution in [0.2, 0.25) is 0 Å². The number of cyclic esters (lactones) is 1. The summed E-state index contributed by atoms with van der Waals surface area (Å²) in [4.78, 5) is 45.4. The van der Waals surface area contributed by atoms with E-state index in [-0.39, 0.29) is 29.6 Å². The SMILES string of the molecule is CCCCN1CC=C[C@]23S[C@@H]4/C=C\CCCOC(=O)[C@@H]4[C@H]2C(=O)N([C@@H](CO)Cc2ccccc2)C3C1=O. The third kappa shape index (κ3) is 4.63. The minimum absolute atomic E-state index is 0.0999. The fourth-order valence-electron chi connectivity index (χ4n) is 6.32. The number of carbonyl (C=O) groups is 3. The molecule has 7 nitrogen and oxygen atoms in total. The number of thioether (sulfide) groups is 1. The van der Waals surface area contributed by atoms with Crippen LogP contribution < -0.4 is 0 Å². The minimum atomic E-state index is -0.892. The molecule has 0 radical (unpaired) electrons. The Morgan fingerprint density at radius 3 is 2.73 bits per heavy atom. The van der Waals surface area contributed by atoms with Crippen LogP contribution in [-0.2, 0) is 25.5 Å². The van der Waals surface area contributed by atoms with E-state index in [1.54, 1.807) is 16.7 Å². The number of likely N-dealkylation sites (tertiary alicyclic amines) is 1. The molecule has 4 aliphatic heterocycles. The van der Waals surface area contributed by atoms with E-state index in [4.69, 9.17) is 4.74 Å². The van der Waals surface area contributed by atoms with Crippen LogP contribution >= 0.6 is 11.8 Å². The summed E-state index contributed by atoms with van der Waals surface area (Å²) in [6.45, 7) is 3.23.